The average Bonchev–Trinajstić information content (AvgIpc) is 3.36. The van der Waals surface area contributed by atoms with Gasteiger partial charge in [-0.1, -0.05) is 12.1 Å². The molecule has 0 bridgehead atoms. The van der Waals surface area contributed by atoms with Gasteiger partial charge in [-0.3, -0.25) is 4.90 Å². The van der Waals surface area contributed by atoms with Gasteiger partial charge in [0, 0.05) is 49.6 Å². The van der Waals surface area contributed by atoms with E-state index in [9.17, 15) is 0 Å². The smallest absolute Gasteiger partial charge is 0.129 e. The van der Waals surface area contributed by atoms with Crippen molar-refractivity contribution in [2.75, 3.05) is 36.0 Å². The van der Waals surface area contributed by atoms with E-state index < -0.39 is 0 Å². The van der Waals surface area contributed by atoms with Crippen LogP contribution in [0.1, 0.15) is 43.0 Å². The summed E-state index contributed by atoms with van der Waals surface area (Å²) in [6, 6.07) is 15.0. The van der Waals surface area contributed by atoms with E-state index in [1.165, 1.54) is 55.7 Å². The van der Waals surface area contributed by atoms with E-state index in [0.29, 0.717) is 0 Å². The van der Waals surface area contributed by atoms with Gasteiger partial charge in [0.1, 0.15) is 5.82 Å². The molecule has 2 unspecified atom stereocenters. The summed E-state index contributed by atoms with van der Waals surface area (Å²) in [6.07, 6.45) is 5.18. The summed E-state index contributed by atoms with van der Waals surface area (Å²) in [4.78, 5) is 12.5. The molecule has 3 aliphatic heterocycles. The Morgan fingerprint density at radius 2 is 1.89 bits per heavy atom. The monoisotopic (exact) mass is 376 g/mol. The van der Waals surface area contributed by atoms with E-state index in [4.69, 9.17) is 4.98 Å². The van der Waals surface area contributed by atoms with Crippen molar-refractivity contribution < 1.29 is 0 Å². The Bertz CT molecular complexity index is 848. The summed E-state index contributed by atoms with van der Waals surface area (Å²) in [5, 5.41) is 0. The Kier molecular flexibility index (Phi) is 4.75. The summed E-state index contributed by atoms with van der Waals surface area (Å²) in [6.45, 7) is 10.2. The molecule has 148 valence electrons. The van der Waals surface area contributed by atoms with Crippen molar-refractivity contribution in [3.8, 4) is 0 Å². The Morgan fingerprint density at radius 1 is 0.964 bits per heavy atom. The van der Waals surface area contributed by atoms with Crippen LogP contribution in [-0.2, 0) is 13.0 Å². The number of nitrogens with zero attached hydrogens (tertiary/aromatic N) is 4. The maximum absolute atomic E-state index is 4.72. The molecule has 0 radical (unpaired) electrons. The van der Waals surface area contributed by atoms with Crippen molar-refractivity contribution in [1.29, 1.82) is 0 Å². The van der Waals surface area contributed by atoms with Crippen molar-refractivity contribution in [2.45, 2.75) is 58.2 Å². The molecular weight excluding hydrogens is 344 g/mol. The second kappa shape index (κ2) is 7.40. The third-order valence-corrected chi connectivity index (χ3v) is 7.00. The summed E-state index contributed by atoms with van der Waals surface area (Å²) in [5.41, 5.74) is 5.51. The highest BCUT2D eigenvalue weighted by Gasteiger charge is 2.33. The van der Waals surface area contributed by atoms with Gasteiger partial charge >= 0.3 is 0 Å². The zero-order valence-electron chi connectivity index (χ0n) is 17.3. The number of aryl methyl sites for hydroxylation is 1. The van der Waals surface area contributed by atoms with Crippen molar-refractivity contribution >= 4 is 11.5 Å². The van der Waals surface area contributed by atoms with Gasteiger partial charge in [0.15, 0.2) is 0 Å². The molecule has 0 saturated carbocycles. The Morgan fingerprint density at radius 3 is 2.71 bits per heavy atom. The molecule has 0 amide bonds. The lowest BCUT2D eigenvalue weighted by molar-refractivity contribution is 0.204. The van der Waals surface area contributed by atoms with Crippen molar-refractivity contribution in [3.05, 3.63) is 53.2 Å². The zero-order valence-corrected chi connectivity index (χ0v) is 17.3. The van der Waals surface area contributed by atoms with Gasteiger partial charge in [-0.2, -0.15) is 0 Å². The van der Waals surface area contributed by atoms with Crippen LogP contribution in [0.15, 0.2) is 36.4 Å². The highest BCUT2D eigenvalue weighted by atomic mass is 15.3. The van der Waals surface area contributed by atoms with E-state index in [2.05, 4.69) is 64.9 Å². The van der Waals surface area contributed by atoms with Gasteiger partial charge < -0.3 is 9.80 Å². The normalized spacial score (nSPS) is 25.4. The van der Waals surface area contributed by atoms with E-state index in [1.54, 1.807) is 0 Å². The topological polar surface area (TPSA) is 22.6 Å². The number of fused-ring (bicyclic) bond motifs is 1. The maximum Gasteiger partial charge on any atom is 0.129 e. The first kappa shape index (κ1) is 18.0. The number of anilines is 2. The quantitative estimate of drug-likeness (QED) is 0.807. The molecule has 4 heterocycles. The molecule has 28 heavy (non-hydrogen) atoms. The van der Waals surface area contributed by atoms with Gasteiger partial charge in [0.05, 0.1) is 0 Å². The number of hydrogen-bond acceptors (Lipinski definition) is 4. The highest BCUT2D eigenvalue weighted by Crippen LogP contribution is 2.31. The molecule has 5 rings (SSSR count). The van der Waals surface area contributed by atoms with Crippen LogP contribution in [0, 0.1) is 6.92 Å². The van der Waals surface area contributed by atoms with Gasteiger partial charge in [0.25, 0.3) is 0 Å². The van der Waals surface area contributed by atoms with Crippen molar-refractivity contribution in [2.24, 2.45) is 0 Å². The van der Waals surface area contributed by atoms with Gasteiger partial charge in [-0.15, -0.1) is 0 Å². The predicted octanol–water partition coefficient (Wildman–Crippen LogP) is 4.02. The molecule has 2 aromatic rings. The first-order valence-corrected chi connectivity index (χ1v) is 11.0. The minimum absolute atomic E-state index is 0.747. The number of rotatable bonds is 3. The van der Waals surface area contributed by atoms with Gasteiger partial charge in [-0.05, 0) is 81.5 Å². The second-order valence-corrected chi connectivity index (χ2v) is 8.88. The van der Waals surface area contributed by atoms with E-state index >= 15 is 0 Å². The molecule has 4 heteroatoms. The Hall–Kier alpha value is -2.07. The minimum Gasteiger partial charge on any atom is -0.370 e. The van der Waals surface area contributed by atoms with Crippen LogP contribution in [0.3, 0.4) is 0 Å². The summed E-state index contributed by atoms with van der Waals surface area (Å²) < 4.78 is 0. The van der Waals surface area contributed by atoms with E-state index in [1.807, 2.05) is 0 Å². The molecule has 0 N–H and O–H groups in total. The number of benzene rings is 1. The third kappa shape index (κ3) is 3.39. The van der Waals surface area contributed by atoms with Crippen LogP contribution >= 0.6 is 0 Å². The number of hydrogen-bond donors (Lipinski definition) is 0. The molecule has 2 fully saturated rings. The van der Waals surface area contributed by atoms with Crippen LogP contribution in [0.4, 0.5) is 11.5 Å². The fourth-order valence-corrected chi connectivity index (χ4v) is 5.38. The maximum atomic E-state index is 4.72. The lowest BCUT2D eigenvalue weighted by Gasteiger charge is -2.31. The van der Waals surface area contributed by atoms with Crippen molar-refractivity contribution in [1.82, 2.24) is 9.88 Å². The van der Waals surface area contributed by atoms with E-state index in [0.717, 1.165) is 43.1 Å². The lowest BCUT2D eigenvalue weighted by Crippen LogP contribution is -2.39. The van der Waals surface area contributed by atoms with Crippen LogP contribution in [-0.4, -0.2) is 48.1 Å². The molecule has 1 aromatic carbocycles. The van der Waals surface area contributed by atoms with Crippen molar-refractivity contribution in [3.63, 3.8) is 0 Å². The lowest BCUT2D eigenvalue weighted by atomic mass is 9.98. The summed E-state index contributed by atoms with van der Waals surface area (Å²) >= 11 is 0. The average molecular weight is 377 g/mol. The molecule has 1 aromatic heterocycles. The highest BCUT2D eigenvalue weighted by molar-refractivity contribution is 5.54. The zero-order chi connectivity index (χ0) is 19.1. The van der Waals surface area contributed by atoms with Gasteiger partial charge in [0.2, 0.25) is 0 Å². The molecule has 4 nitrogen and oxygen atoms in total. The van der Waals surface area contributed by atoms with Crippen LogP contribution in [0.25, 0.3) is 0 Å². The predicted molar refractivity (Wildman–Crippen MR) is 116 cm³/mol. The number of aromatic nitrogens is 1. The first-order chi connectivity index (χ1) is 13.7. The fraction of sp³-hybridized carbons (Fsp3) is 0.542. The Balaban J connectivity index is 1.28. The molecule has 0 spiro atoms. The fourth-order valence-electron chi connectivity index (χ4n) is 5.38. The summed E-state index contributed by atoms with van der Waals surface area (Å²) in [5.74, 6) is 1.11. The molecular formula is C24H32N4. The minimum atomic E-state index is 0.747. The number of pyridine rings is 1. The largest absolute Gasteiger partial charge is 0.370 e. The standard InChI is InChI=1S/C24H32N4/c1-18-5-3-7-24(25-18)27-13-10-20-15-22(9-8-21(20)16-27)26-14-11-23(17-26)28-12-4-6-19(28)2/h3,5,7-9,15,19,23H,4,6,10-14,16-17H2,1-2H3. The number of likely N-dealkylation sites (tertiary alicyclic amines) is 1. The van der Waals surface area contributed by atoms with Gasteiger partial charge in [-0.25, -0.2) is 4.98 Å². The van der Waals surface area contributed by atoms with Crippen LogP contribution in [0.2, 0.25) is 0 Å². The van der Waals surface area contributed by atoms with Crippen LogP contribution < -0.4 is 9.80 Å². The SMILES string of the molecule is Cc1cccc(N2CCc3cc(N4CCC(N5CCCC5C)C4)ccc3C2)n1. The first-order valence-electron chi connectivity index (χ1n) is 11.0. The Labute approximate surface area is 169 Å². The van der Waals surface area contributed by atoms with Crippen LogP contribution in [0.5, 0.6) is 0 Å². The molecule has 2 saturated heterocycles. The molecule has 0 aliphatic carbocycles. The second-order valence-electron chi connectivity index (χ2n) is 8.88. The molecule has 3 aliphatic rings. The third-order valence-electron chi connectivity index (χ3n) is 7.00. The van der Waals surface area contributed by atoms with E-state index in [-0.39, 0.29) is 0 Å². The molecule has 2 atom stereocenters. The summed E-state index contributed by atoms with van der Waals surface area (Å²) in [7, 11) is 0.